The van der Waals surface area contributed by atoms with E-state index in [0.29, 0.717) is 12.5 Å². The van der Waals surface area contributed by atoms with E-state index in [-0.39, 0.29) is 0 Å². The fourth-order valence-electron chi connectivity index (χ4n) is 3.71. The van der Waals surface area contributed by atoms with Crippen LogP contribution < -0.4 is 4.74 Å². The quantitative estimate of drug-likeness (QED) is 0.359. The normalized spacial score (nSPS) is 12.2. The van der Waals surface area contributed by atoms with Gasteiger partial charge in [0.15, 0.2) is 0 Å². The van der Waals surface area contributed by atoms with E-state index in [1.54, 1.807) is 0 Å². The smallest absolute Gasteiger partial charge is 0.141 e. The van der Waals surface area contributed by atoms with E-state index in [2.05, 4.69) is 92.1 Å². The monoisotopic (exact) mass is 384 g/mol. The highest BCUT2D eigenvalue weighted by Gasteiger charge is 2.14. The minimum atomic E-state index is 0.582. The van der Waals surface area contributed by atoms with Crippen molar-refractivity contribution in [3.8, 4) is 17.1 Å². The number of hydrogen-bond acceptors (Lipinski definition) is 2. The second-order valence-corrected chi connectivity index (χ2v) is 7.62. The number of ether oxygens (including phenoxy) is 1. The largest absolute Gasteiger partial charge is 0.492 e. The van der Waals surface area contributed by atoms with Crippen molar-refractivity contribution in [2.24, 2.45) is 0 Å². The molecule has 3 aromatic carbocycles. The number of aromatic nitrogens is 2. The van der Waals surface area contributed by atoms with E-state index in [4.69, 9.17) is 9.72 Å². The summed E-state index contributed by atoms with van der Waals surface area (Å²) in [6.07, 6.45) is 1.15. The number of imidazole rings is 1. The summed E-state index contributed by atoms with van der Waals surface area (Å²) in [6.45, 7) is 7.96. The van der Waals surface area contributed by atoms with Crippen LogP contribution in [0.15, 0.2) is 72.8 Å². The highest BCUT2D eigenvalue weighted by atomic mass is 16.5. The molecule has 0 bridgehead atoms. The first-order valence-electron chi connectivity index (χ1n) is 10.4. The molecule has 0 amide bonds. The Labute approximate surface area is 173 Å². The molecule has 0 spiro atoms. The maximum absolute atomic E-state index is 6.07. The van der Waals surface area contributed by atoms with E-state index in [9.17, 15) is 0 Å². The van der Waals surface area contributed by atoms with Crippen LogP contribution in [0.25, 0.3) is 22.4 Å². The van der Waals surface area contributed by atoms with Gasteiger partial charge in [-0.25, -0.2) is 4.98 Å². The standard InChI is InChI=1S/C26H28N2O/c1-4-19(2)21-13-15-22(16-14-21)29-18-17-28-25-12-8-7-11-24(25)27-26(28)23-10-6-5-9-20(23)3/h5-16,19H,4,17-18H2,1-3H3. The molecule has 1 atom stereocenters. The lowest BCUT2D eigenvalue weighted by atomic mass is 9.99. The van der Waals surface area contributed by atoms with Crippen molar-refractivity contribution in [2.45, 2.75) is 39.7 Å². The summed E-state index contributed by atoms with van der Waals surface area (Å²) < 4.78 is 8.34. The molecular formula is C26H28N2O. The lowest BCUT2D eigenvalue weighted by Crippen LogP contribution is -2.10. The van der Waals surface area contributed by atoms with Crippen molar-refractivity contribution < 1.29 is 4.74 Å². The SMILES string of the molecule is CCC(C)c1ccc(OCCn2c(-c3ccccc3C)nc3ccccc32)cc1. The van der Waals surface area contributed by atoms with E-state index >= 15 is 0 Å². The number of aryl methyl sites for hydroxylation is 1. The van der Waals surface area contributed by atoms with Crippen LogP contribution in [-0.2, 0) is 6.54 Å². The Balaban J connectivity index is 1.56. The zero-order chi connectivity index (χ0) is 20.2. The third-order valence-corrected chi connectivity index (χ3v) is 5.69. The molecule has 3 nitrogen and oxygen atoms in total. The average molecular weight is 385 g/mol. The molecule has 0 aliphatic carbocycles. The molecule has 4 rings (SSSR count). The zero-order valence-electron chi connectivity index (χ0n) is 17.4. The molecule has 0 N–H and O–H groups in total. The molecule has 3 heteroatoms. The van der Waals surface area contributed by atoms with Gasteiger partial charge in [0.25, 0.3) is 0 Å². The van der Waals surface area contributed by atoms with Gasteiger partial charge >= 0.3 is 0 Å². The fourth-order valence-corrected chi connectivity index (χ4v) is 3.71. The molecule has 0 radical (unpaired) electrons. The van der Waals surface area contributed by atoms with Gasteiger partial charge in [-0.3, -0.25) is 0 Å². The average Bonchev–Trinajstić information content (AvgIpc) is 3.12. The first kappa shape index (κ1) is 19.3. The van der Waals surface area contributed by atoms with Crippen LogP contribution in [0.5, 0.6) is 5.75 Å². The fraction of sp³-hybridized carbons (Fsp3) is 0.269. The number of benzene rings is 3. The predicted molar refractivity (Wildman–Crippen MR) is 121 cm³/mol. The molecule has 0 saturated heterocycles. The lowest BCUT2D eigenvalue weighted by molar-refractivity contribution is 0.300. The van der Waals surface area contributed by atoms with E-state index < -0.39 is 0 Å². The second-order valence-electron chi connectivity index (χ2n) is 7.62. The predicted octanol–water partition coefficient (Wildman–Crippen LogP) is 6.60. The van der Waals surface area contributed by atoms with Crippen LogP contribution >= 0.6 is 0 Å². The van der Waals surface area contributed by atoms with Crippen molar-refractivity contribution in [1.29, 1.82) is 0 Å². The van der Waals surface area contributed by atoms with Crippen molar-refractivity contribution >= 4 is 11.0 Å². The van der Waals surface area contributed by atoms with Crippen LogP contribution in [0.4, 0.5) is 0 Å². The molecule has 29 heavy (non-hydrogen) atoms. The van der Waals surface area contributed by atoms with Gasteiger partial charge in [0.05, 0.1) is 17.6 Å². The number of rotatable bonds is 7. The summed E-state index contributed by atoms with van der Waals surface area (Å²) in [7, 11) is 0. The Bertz CT molecular complexity index is 1100. The molecule has 148 valence electrons. The third kappa shape index (κ3) is 4.04. The Morgan fingerprint density at radius 3 is 2.41 bits per heavy atom. The van der Waals surface area contributed by atoms with Gasteiger partial charge in [0.2, 0.25) is 0 Å². The van der Waals surface area contributed by atoms with Crippen LogP contribution in [0, 0.1) is 6.92 Å². The highest BCUT2D eigenvalue weighted by molar-refractivity contribution is 5.81. The van der Waals surface area contributed by atoms with Crippen molar-refractivity contribution in [3.05, 3.63) is 83.9 Å². The molecule has 4 aromatic rings. The minimum absolute atomic E-state index is 0.582. The Kier molecular flexibility index (Phi) is 5.66. The Hall–Kier alpha value is -3.07. The van der Waals surface area contributed by atoms with Crippen LogP contribution in [0.1, 0.15) is 37.3 Å². The number of para-hydroxylation sites is 2. The Morgan fingerprint density at radius 1 is 0.931 bits per heavy atom. The first-order chi connectivity index (χ1) is 14.2. The van der Waals surface area contributed by atoms with Gasteiger partial charge in [0, 0.05) is 5.56 Å². The number of fused-ring (bicyclic) bond motifs is 1. The van der Waals surface area contributed by atoms with Gasteiger partial charge in [-0.1, -0.05) is 62.4 Å². The summed E-state index contributed by atoms with van der Waals surface area (Å²) in [5, 5.41) is 0. The molecule has 0 saturated carbocycles. The lowest BCUT2D eigenvalue weighted by Gasteiger charge is -2.13. The van der Waals surface area contributed by atoms with Gasteiger partial charge in [-0.05, 0) is 54.7 Å². The highest BCUT2D eigenvalue weighted by Crippen LogP contribution is 2.27. The van der Waals surface area contributed by atoms with Crippen LogP contribution in [0.3, 0.4) is 0 Å². The molecule has 1 aromatic heterocycles. The summed E-state index contributed by atoms with van der Waals surface area (Å²) in [5.41, 5.74) is 5.92. The van der Waals surface area contributed by atoms with E-state index in [0.717, 1.165) is 35.6 Å². The maximum Gasteiger partial charge on any atom is 0.141 e. The van der Waals surface area contributed by atoms with Crippen LogP contribution in [0.2, 0.25) is 0 Å². The minimum Gasteiger partial charge on any atom is -0.492 e. The first-order valence-corrected chi connectivity index (χ1v) is 10.4. The topological polar surface area (TPSA) is 27.1 Å². The van der Waals surface area contributed by atoms with Crippen molar-refractivity contribution in [1.82, 2.24) is 9.55 Å². The molecule has 0 aliphatic heterocycles. The van der Waals surface area contributed by atoms with Crippen molar-refractivity contribution in [3.63, 3.8) is 0 Å². The third-order valence-electron chi connectivity index (χ3n) is 5.69. The molecule has 1 unspecified atom stereocenters. The number of hydrogen-bond donors (Lipinski definition) is 0. The summed E-state index contributed by atoms with van der Waals surface area (Å²) in [5.74, 6) is 2.50. The van der Waals surface area contributed by atoms with Gasteiger partial charge in [0.1, 0.15) is 18.2 Å². The summed E-state index contributed by atoms with van der Waals surface area (Å²) in [6, 6.07) is 25.2. The van der Waals surface area contributed by atoms with Gasteiger partial charge in [-0.2, -0.15) is 0 Å². The van der Waals surface area contributed by atoms with Crippen molar-refractivity contribution in [2.75, 3.05) is 6.61 Å². The summed E-state index contributed by atoms with van der Waals surface area (Å²) >= 11 is 0. The van der Waals surface area contributed by atoms with E-state index in [1.807, 2.05) is 6.07 Å². The second kappa shape index (κ2) is 8.52. The molecule has 1 heterocycles. The number of nitrogens with zero attached hydrogens (tertiary/aromatic N) is 2. The maximum atomic E-state index is 6.07. The van der Waals surface area contributed by atoms with Gasteiger partial charge in [-0.15, -0.1) is 0 Å². The summed E-state index contributed by atoms with van der Waals surface area (Å²) in [4.78, 5) is 4.92. The van der Waals surface area contributed by atoms with Gasteiger partial charge < -0.3 is 9.30 Å². The molecular weight excluding hydrogens is 356 g/mol. The Morgan fingerprint density at radius 2 is 1.66 bits per heavy atom. The zero-order valence-corrected chi connectivity index (χ0v) is 17.4. The van der Waals surface area contributed by atoms with E-state index in [1.165, 1.54) is 16.7 Å². The molecule has 0 fully saturated rings. The molecule has 0 aliphatic rings. The van der Waals surface area contributed by atoms with Crippen LogP contribution in [-0.4, -0.2) is 16.2 Å².